The number of nitrogens with one attached hydrogen (secondary N) is 1. The second-order valence-corrected chi connectivity index (χ2v) is 5.75. The van der Waals surface area contributed by atoms with E-state index in [9.17, 15) is 13.9 Å². The van der Waals surface area contributed by atoms with Crippen LogP contribution in [0.1, 0.15) is 24.2 Å². The molecule has 25 heavy (non-hydrogen) atoms. The average molecular weight is 347 g/mol. The van der Waals surface area contributed by atoms with Gasteiger partial charge in [-0.15, -0.1) is 0 Å². The number of aliphatic imine (C=N–C) groups is 1. The fourth-order valence-electron chi connectivity index (χ4n) is 2.42. The van der Waals surface area contributed by atoms with Crippen molar-refractivity contribution in [3.05, 3.63) is 71.3 Å². The lowest BCUT2D eigenvalue weighted by Crippen LogP contribution is -2.38. The zero-order valence-electron chi connectivity index (χ0n) is 14.4. The number of aliphatic hydroxyl groups excluding tert-OH is 1. The lowest BCUT2D eigenvalue weighted by molar-refractivity contribution is 0.186. The molecule has 1 atom stereocenters. The zero-order valence-corrected chi connectivity index (χ0v) is 14.4. The summed E-state index contributed by atoms with van der Waals surface area (Å²) >= 11 is 0. The van der Waals surface area contributed by atoms with Crippen LogP contribution in [0.5, 0.6) is 0 Å². The summed E-state index contributed by atoms with van der Waals surface area (Å²) in [5.74, 6) is -0.0184. The van der Waals surface area contributed by atoms with Gasteiger partial charge in [0.15, 0.2) is 5.96 Å². The Balaban J connectivity index is 2.04. The van der Waals surface area contributed by atoms with Gasteiger partial charge in [-0.3, -0.25) is 4.99 Å². The maximum Gasteiger partial charge on any atom is 0.194 e. The number of nitrogens with zero attached hydrogens (tertiary/aromatic N) is 2. The summed E-state index contributed by atoms with van der Waals surface area (Å²) in [5.41, 5.74) is 1.43. The van der Waals surface area contributed by atoms with Gasteiger partial charge in [0, 0.05) is 20.1 Å². The van der Waals surface area contributed by atoms with Crippen molar-refractivity contribution >= 4 is 5.96 Å². The minimum Gasteiger partial charge on any atom is -0.386 e. The monoisotopic (exact) mass is 347 g/mol. The second-order valence-electron chi connectivity index (χ2n) is 5.75. The fourth-order valence-corrected chi connectivity index (χ4v) is 2.42. The SMILES string of the molecule is CCNC(=NCC(O)c1ccc(F)cc1)N(C)Cc1cccc(F)c1. The van der Waals surface area contributed by atoms with Crippen molar-refractivity contribution in [3.8, 4) is 0 Å². The van der Waals surface area contributed by atoms with Gasteiger partial charge in [0.05, 0.1) is 12.6 Å². The van der Waals surface area contributed by atoms with Crippen LogP contribution in [-0.4, -0.2) is 36.1 Å². The first-order chi connectivity index (χ1) is 12.0. The quantitative estimate of drug-likeness (QED) is 0.624. The highest BCUT2D eigenvalue weighted by atomic mass is 19.1. The van der Waals surface area contributed by atoms with E-state index >= 15 is 0 Å². The molecule has 4 nitrogen and oxygen atoms in total. The van der Waals surface area contributed by atoms with Gasteiger partial charge in [-0.05, 0) is 42.3 Å². The van der Waals surface area contributed by atoms with Crippen molar-refractivity contribution < 1.29 is 13.9 Å². The van der Waals surface area contributed by atoms with Crippen LogP contribution < -0.4 is 5.32 Å². The standard InChI is InChI=1S/C19H23F2N3O/c1-3-22-19(24(2)13-14-5-4-6-17(21)11-14)23-12-18(25)15-7-9-16(20)10-8-15/h4-11,18,25H,3,12-13H2,1-2H3,(H,22,23). The van der Waals surface area contributed by atoms with Gasteiger partial charge in [-0.25, -0.2) is 8.78 Å². The summed E-state index contributed by atoms with van der Waals surface area (Å²) in [5, 5.41) is 13.4. The highest BCUT2D eigenvalue weighted by Gasteiger charge is 2.11. The maximum absolute atomic E-state index is 13.3. The van der Waals surface area contributed by atoms with E-state index in [2.05, 4.69) is 10.3 Å². The number of guanidine groups is 1. The number of benzene rings is 2. The molecule has 2 rings (SSSR count). The second kappa shape index (κ2) is 9.13. The first kappa shape index (κ1) is 18.9. The number of halogens is 2. The number of hydrogen-bond donors (Lipinski definition) is 2. The molecule has 0 fully saturated rings. The highest BCUT2D eigenvalue weighted by Crippen LogP contribution is 2.14. The number of hydrogen-bond acceptors (Lipinski definition) is 2. The van der Waals surface area contributed by atoms with Crippen LogP contribution in [0.2, 0.25) is 0 Å². The molecule has 0 aliphatic heterocycles. The molecule has 0 radical (unpaired) electrons. The summed E-state index contributed by atoms with van der Waals surface area (Å²) in [6.07, 6.45) is -0.822. The van der Waals surface area contributed by atoms with Crippen LogP contribution in [0.25, 0.3) is 0 Å². The van der Waals surface area contributed by atoms with Crippen molar-refractivity contribution in [3.63, 3.8) is 0 Å². The maximum atomic E-state index is 13.3. The van der Waals surface area contributed by atoms with E-state index in [0.29, 0.717) is 24.6 Å². The molecule has 0 aliphatic rings. The van der Waals surface area contributed by atoms with Gasteiger partial charge in [0.1, 0.15) is 11.6 Å². The Morgan fingerprint density at radius 2 is 1.88 bits per heavy atom. The van der Waals surface area contributed by atoms with Crippen LogP contribution in [0, 0.1) is 11.6 Å². The Morgan fingerprint density at radius 1 is 1.16 bits per heavy atom. The predicted octanol–water partition coefficient (Wildman–Crippen LogP) is 3.10. The number of rotatable bonds is 6. The average Bonchev–Trinajstić information content (AvgIpc) is 2.59. The van der Waals surface area contributed by atoms with Crippen molar-refractivity contribution in [2.24, 2.45) is 4.99 Å². The van der Waals surface area contributed by atoms with Gasteiger partial charge in [0.25, 0.3) is 0 Å². The largest absolute Gasteiger partial charge is 0.386 e. The third-order valence-corrected chi connectivity index (χ3v) is 3.67. The summed E-state index contributed by atoms with van der Waals surface area (Å²) in [6, 6.07) is 12.1. The first-order valence-corrected chi connectivity index (χ1v) is 8.17. The molecule has 0 amide bonds. The van der Waals surface area contributed by atoms with Crippen LogP contribution in [0.4, 0.5) is 8.78 Å². The molecule has 2 N–H and O–H groups in total. The summed E-state index contributed by atoms with van der Waals surface area (Å²) < 4.78 is 26.3. The molecule has 134 valence electrons. The third-order valence-electron chi connectivity index (χ3n) is 3.67. The van der Waals surface area contributed by atoms with Crippen LogP contribution >= 0.6 is 0 Å². The summed E-state index contributed by atoms with van der Waals surface area (Å²) in [7, 11) is 1.84. The molecule has 0 aliphatic carbocycles. The smallest absolute Gasteiger partial charge is 0.194 e. The highest BCUT2D eigenvalue weighted by molar-refractivity contribution is 5.79. The van der Waals surface area contributed by atoms with Gasteiger partial charge in [-0.2, -0.15) is 0 Å². The van der Waals surface area contributed by atoms with Crippen LogP contribution in [-0.2, 0) is 6.54 Å². The van der Waals surface area contributed by atoms with Gasteiger partial charge >= 0.3 is 0 Å². The molecule has 6 heteroatoms. The molecular formula is C19H23F2N3O. The van der Waals surface area contributed by atoms with Crippen molar-refractivity contribution in [2.45, 2.75) is 19.6 Å². The van der Waals surface area contributed by atoms with Crippen molar-refractivity contribution in [1.82, 2.24) is 10.2 Å². The van der Waals surface area contributed by atoms with Crippen molar-refractivity contribution in [1.29, 1.82) is 0 Å². The molecule has 0 heterocycles. The molecule has 0 saturated carbocycles. The third kappa shape index (κ3) is 5.83. The van der Waals surface area contributed by atoms with Gasteiger partial charge < -0.3 is 15.3 Å². The Kier molecular flexibility index (Phi) is 6.89. The normalized spacial score (nSPS) is 12.8. The Hall–Kier alpha value is -2.47. The minimum absolute atomic E-state index is 0.140. The van der Waals surface area contributed by atoms with E-state index in [4.69, 9.17) is 0 Å². The van der Waals surface area contributed by atoms with Crippen LogP contribution in [0.15, 0.2) is 53.5 Å². The van der Waals surface area contributed by atoms with E-state index in [1.54, 1.807) is 18.2 Å². The molecule has 1 unspecified atom stereocenters. The Bertz CT molecular complexity index is 704. The molecule has 0 spiro atoms. The molecular weight excluding hydrogens is 324 g/mol. The van der Waals surface area contributed by atoms with Gasteiger partial charge in [-0.1, -0.05) is 24.3 Å². The fraction of sp³-hybridized carbons (Fsp3) is 0.316. The Morgan fingerprint density at radius 3 is 2.52 bits per heavy atom. The number of aliphatic hydroxyl groups is 1. The first-order valence-electron chi connectivity index (χ1n) is 8.17. The molecule has 0 aromatic heterocycles. The van der Waals surface area contributed by atoms with E-state index in [1.807, 2.05) is 24.9 Å². The Labute approximate surface area is 146 Å². The molecule has 0 saturated heterocycles. The van der Waals surface area contributed by atoms with E-state index in [-0.39, 0.29) is 18.2 Å². The van der Waals surface area contributed by atoms with Crippen LogP contribution in [0.3, 0.4) is 0 Å². The lowest BCUT2D eigenvalue weighted by Gasteiger charge is -2.22. The lowest BCUT2D eigenvalue weighted by atomic mass is 10.1. The molecule has 2 aromatic carbocycles. The van der Waals surface area contributed by atoms with Crippen molar-refractivity contribution in [2.75, 3.05) is 20.1 Å². The van der Waals surface area contributed by atoms with E-state index < -0.39 is 6.10 Å². The topological polar surface area (TPSA) is 47.9 Å². The van der Waals surface area contributed by atoms with E-state index in [0.717, 1.165) is 5.56 Å². The molecule has 0 bridgehead atoms. The van der Waals surface area contributed by atoms with Gasteiger partial charge in [0.2, 0.25) is 0 Å². The zero-order chi connectivity index (χ0) is 18.2. The summed E-state index contributed by atoms with van der Waals surface area (Å²) in [4.78, 5) is 6.28. The summed E-state index contributed by atoms with van der Waals surface area (Å²) in [6.45, 7) is 3.23. The molecule has 2 aromatic rings. The minimum atomic E-state index is -0.822. The predicted molar refractivity (Wildman–Crippen MR) is 95.2 cm³/mol. The van der Waals surface area contributed by atoms with E-state index in [1.165, 1.54) is 24.3 Å².